The average molecular weight is 348 g/mol. The molecule has 0 spiro atoms. The van der Waals surface area contributed by atoms with E-state index in [1.54, 1.807) is 11.8 Å². The van der Waals surface area contributed by atoms with Gasteiger partial charge in [0, 0.05) is 25.0 Å². The highest BCUT2D eigenvalue weighted by Crippen LogP contribution is 2.18. The number of aliphatic carboxylic acids is 1. The number of hydrogen-bond acceptors (Lipinski definition) is 4. The van der Waals surface area contributed by atoms with Gasteiger partial charge in [-0.05, 0) is 25.3 Å². The van der Waals surface area contributed by atoms with Crippen molar-refractivity contribution in [1.82, 2.24) is 10.2 Å². The second kappa shape index (κ2) is 9.05. The van der Waals surface area contributed by atoms with Gasteiger partial charge in [-0.3, -0.25) is 9.59 Å². The van der Waals surface area contributed by atoms with Gasteiger partial charge in [0.25, 0.3) is 0 Å². The fourth-order valence-corrected chi connectivity index (χ4v) is 2.81. The van der Waals surface area contributed by atoms with Crippen molar-refractivity contribution >= 4 is 18.0 Å². The van der Waals surface area contributed by atoms with E-state index in [1.165, 1.54) is 0 Å². The summed E-state index contributed by atoms with van der Waals surface area (Å²) in [6.07, 6.45) is 0.621. The fraction of sp³-hybridized carbons (Fsp3) is 0.500. The Bertz CT molecular complexity index is 597. The second-order valence-corrected chi connectivity index (χ2v) is 6.31. The number of piperidine rings is 1. The van der Waals surface area contributed by atoms with Crippen molar-refractivity contribution in [1.29, 1.82) is 0 Å². The quantitative estimate of drug-likeness (QED) is 0.820. The number of nitrogens with one attached hydrogen (secondary N) is 1. The summed E-state index contributed by atoms with van der Waals surface area (Å²) in [5.74, 6) is -1.29. The second-order valence-electron chi connectivity index (χ2n) is 6.31. The van der Waals surface area contributed by atoms with Crippen LogP contribution < -0.4 is 5.32 Å². The number of carboxylic acid groups (broad SMARTS) is 1. The Morgan fingerprint density at radius 1 is 1.24 bits per heavy atom. The third-order valence-corrected chi connectivity index (χ3v) is 4.20. The lowest BCUT2D eigenvalue weighted by atomic mass is 9.96. The smallest absolute Gasteiger partial charge is 0.410 e. The monoisotopic (exact) mass is 348 g/mol. The molecule has 0 unspecified atom stereocenters. The summed E-state index contributed by atoms with van der Waals surface area (Å²) in [6, 6.07) is 9.05. The summed E-state index contributed by atoms with van der Waals surface area (Å²) in [5, 5.41) is 11.4. The van der Waals surface area contributed by atoms with Crippen LogP contribution in [0.15, 0.2) is 30.3 Å². The summed E-state index contributed by atoms with van der Waals surface area (Å²) in [5.41, 5.74) is 0.928. The highest BCUT2D eigenvalue weighted by Gasteiger charge is 2.28. The summed E-state index contributed by atoms with van der Waals surface area (Å²) in [6.45, 7) is 2.81. The van der Waals surface area contributed by atoms with Gasteiger partial charge in [-0.15, -0.1) is 0 Å². The molecule has 1 heterocycles. The number of carboxylic acids is 1. The fourth-order valence-electron chi connectivity index (χ4n) is 2.81. The number of carbonyl (C=O) groups excluding carboxylic acids is 2. The van der Waals surface area contributed by atoms with E-state index in [0.29, 0.717) is 25.9 Å². The van der Waals surface area contributed by atoms with Gasteiger partial charge in [-0.25, -0.2) is 4.79 Å². The van der Waals surface area contributed by atoms with E-state index in [1.807, 2.05) is 30.3 Å². The van der Waals surface area contributed by atoms with Crippen LogP contribution in [0, 0.1) is 5.92 Å². The molecular formula is C18H24N2O5. The topological polar surface area (TPSA) is 95.9 Å². The van der Waals surface area contributed by atoms with Crippen LogP contribution in [-0.4, -0.2) is 47.1 Å². The summed E-state index contributed by atoms with van der Waals surface area (Å²) in [4.78, 5) is 36.5. The van der Waals surface area contributed by atoms with Crippen LogP contribution in [0.1, 0.15) is 31.7 Å². The Kier molecular flexibility index (Phi) is 6.80. The first kappa shape index (κ1) is 18.8. The molecule has 0 aliphatic carbocycles. The first-order chi connectivity index (χ1) is 12.0. The highest BCUT2D eigenvalue weighted by atomic mass is 16.6. The summed E-state index contributed by atoms with van der Waals surface area (Å²) >= 11 is 0. The molecule has 0 bridgehead atoms. The van der Waals surface area contributed by atoms with Crippen LogP contribution in [0.5, 0.6) is 0 Å². The van der Waals surface area contributed by atoms with E-state index >= 15 is 0 Å². The standard InChI is InChI=1S/C18H24N2O5/c1-13(11-16(21)22)19-17(23)15-7-9-20(10-8-15)18(24)25-12-14-5-3-2-4-6-14/h2-6,13,15H,7-12H2,1H3,(H,19,23)(H,21,22)/t13-/m1/s1. The molecule has 1 fully saturated rings. The van der Waals surface area contributed by atoms with Gasteiger partial charge in [0.05, 0.1) is 6.42 Å². The molecule has 2 rings (SSSR count). The number of ether oxygens (including phenoxy) is 1. The molecule has 7 heteroatoms. The Labute approximate surface area is 147 Å². The molecule has 0 saturated carbocycles. The minimum Gasteiger partial charge on any atom is -0.481 e. The van der Waals surface area contributed by atoms with Gasteiger partial charge in [0.1, 0.15) is 6.61 Å². The maximum Gasteiger partial charge on any atom is 0.410 e. The Morgan fingerprint density at radius 2 is 1.88 bits per heavy atom. The average Bonchev–Trinajstić information content (AvgIpc) is 2.60. The predicted octanol–water partition coefficient (Wildman–Crippen LogP) is 2.01. The lowest BCUT2D eigenvalue weighted by molar-refractivity contribution is -0.137. The van der Waals surface area contributed by atoms with Crippen molar-refractivity contribution in [3.8, 4) is 0 Å². The van der Waals surface area contributed by atoms with Gasteiger partial charge >= 0.3 is 12.1 Å². The molecule has 136 valence electrons. The third kappa shape index (κ3) is 6.10. The van der Waals surface area contributed by atoms with E-state index in [2.05, 4.69) is 5.32 Å². The molecule has 0 radical (unpaired) electrons. The number of benzene rings is 1. The number of hydrogen-bond donors (Lipinski definition) is 2. The molecule has 1 aromatic rings. The lowest BCUT2D eigenvalue weighted by Crippen LogP contribution is -2.45. The zero-order valence-corrected chi connectivity index (χ0v) is 14.3. The lowest BCUT2D eigenvalue weighted by Gasteiger charge is -2.31. The SMILES string of the molecule is C[C@H](CC(=O)O)NC(=O)C1CCN(C(=O)OCc2ccccc2)CC1. The maximum absolute atomic E-state index is 12.1. The van der Waals surface area contributed by atoms with E-state index in [4.69, 9.17) is 9.84 Å². The number of carbonyl (C=O) groups is 3. The molecule has 25 heavy (non-hydrogen) atoms. The number of likely N-dealkylation sites (tertiary alicyclic amines) is 1. The molecule has 1 aliphatic rings. The van der Waals surface area contributed by atoms with E-state index < -0.39 is 12.0 Å². The molecule has 1 aliphatic heterocycles. The predicted molar refractivity (Wildman–Crippen MR) is 90.8 cm³/mol. The van der Waals surface area contributed by atoms with Crippen LogP contribution in [0.2, 0.25) is 0 Å². The van der Waals surface area contributed by atoms with Crippen LogP contribution in [0.25, 0.3) is 0 Å². The Hall–Kier alpha value is -2.57. The largest absolute Gasteiger partial charge is 0.481 e. The molecule has 1 aromatic carbocycles. The first-order valence-corrected chi connectivity index (χ1v) is 8.43. The summed E-state index contributed by atoms with van der Waals surface area (Å²) in [7, 11) is 0. The van der Waals surface area contributed by atoms with Gasteiger partial charge in [0.2, 0.25) is 5.91 Å². The van der Waals surface area contributed by atoms with E-state index in [-0.39, 0.29) is 30.9 Å². The van der Waals surface area contributed by atoms with Gasteiger partial charge in [0.15, 0.2) is 0 Å². The molecule has 1 atom stereocenters. The zero-order valence-electron chi connectivity index (χ0n) is 14.3. The molecule has 2 amide bonds. The number of amides is 2. The minimum atomic E-state index is -0.941. The minimum absolute atomic E-state index is 0.101. The van der Waals surface area contributed by atoms with Crippen molar-refractivity contribution in [3.05, 3.63) is 35.9 Å². The van der Waals surface area contributed by atoms with Gasteiger partial charge in [-0.2, -0.15) is 0 Å². The van der Waals surface area contributed by atoms with E-state index in [0.717, 1.165) is 5.56 Å². The van der Waals surface area contributed by atoms with Crippen molar-refractivity contribution in [2.75, 3.05) is 13.1 Å². The van der Waals surface area contributed by atoms with E-state index in [9.17, 15) is 14.4 Å². The van der Waals surface area contributed by atoms with Crippen LogP contribution >= 0.6 is 0 Å². The summed E-state index contributed by atoms with van der Waals surface area (Å²) < 4.78 is 5.29. The van der Waals surface area contributed by atoms with Crippen LogP contribution in [0.3, 0.4) is 0 Å². The van der Waals surface area contributed by atoms with Crippen molar-refractivity contribution in [3.63, 3.8) is 0 Å². The van der Waals surface area contributed by atoms with Crippen molar-refractivity contribution < 1.29 is 24.2 Å². The van der Waals surface area contributed by atoms with Crippen LogP contribution in [-0.2, 0) is 20.9 Å². The molecular weight excluding hydrogens is 324 g/mol. The molecule has 7 nitrogen and oxygen atoms in total. The Balaban J connectivity index is 1.72. The molecule has 1 saturated heterocycles. The maximum atomic E-state index is 12.1. The van der Waals surface area contributed by atoms with Crippen molar-refractivity contribution in [2.24, 2.45) is 5.92 Å². The van der Waals surface area contributed by atoms with Gasteiger partial charge < -0.3 is 20.1 Å². The normalized spacial score (nSPS) is 16.1. The molecule has 0 aromatic heterocycles. The number of nitrogens with zero attached hydrogens (tertiary/aromatic N) is 1. The zero-order chi connectivity index (χ0) is 18.2. The number of rotatable bonds is 6. The van der Waals surface area contributed by atoms with Gasteiger partial charge in [-0.1, -0.05) is 30.3 Å². The van der Waals surface area contributed by atoms with Crippen LogP contribution in [0.4, 0.5) is 4.79 Å². The highest BCUT2D eigenvalue weighted by molar-refractivity contribution is 5.80. The Morgan fingerprint density at radius 3 is 2.48 bits per heavy atom. The first-order valence-electron chi connectivity index (χ1n) is 8.43. The molecule has 2 N–H and O–H groups in total. The third-order valence-electron chi connectivity index (χ3n) is 4.20. The van der Waals surface area contributed by atoms with Crippen molar-refractivity contribution in [2.45, 2.75) is 38.8 Å².